The van der Waals surface area contributed by atoms with Crippen molar-refractivity contribution in [2.24, 2.45) is 5.92 Å². The summed E-state index contributed by atoms with van der Waals surface area (Å²) < 4.78 is 12.3. The zero-order chi connectivity index (χ0) is 22.1. The monoisotopic (exact) mass is 437 g/mol. The normalized spacial score (nSPS) is 21.1. The third kappa shape index (κ3) is 2.65. The summed E-state index contributed by atoms with van der Waals surface area (Å²) in [6.45, 7) is 0. The molecule has 0 N–H and O–H groups in total. The molecule has 2 heterocycles. The zero-order valence-corrected chi connectivity index (χ0v) is 18.1. The van der Waals surface area contributed by atoms with Crippen LogP contribution in [0, 0.1) is 16.0 Å². The van der Waals surface area contributed by atoms with Gasteiger partial charge < -0.3 is 9.15 Å². The molecule has 5 aromatic rings. The molecule has 1 aliphatic carbocycles. The molecular formula is C28H23NO4. The van der Waals surface area contributed by atoms with Crippen molar-refractivity contribution in [2.45, 2.75) is 44.2 Å². The Kier molecular flexibility index (Phi) is 3.98. The van der Waals surface area contributed by atoms with Crippen molar-refractivity contribution in [1.82, 2.24) is 0 Å². The van der Waals surface area contributed by atoms with Crippen molar-refractivity contribution in [3.63, 3.8) is 0 Å². The number of rotatable bonds is 2. The maximum atomic E-state index is 12.1. The Hall–Kier alpha value is -3.60. The summed E-state index contributed by atoms with van der Waals surface area (Å²) in [5, 5.41) is 18.7. The molecule has 33 heavy (non-hydrogen) atoms. The number of hydrogen-bond donors (Lipinski definition) is 0. The van der Waals surface area contributed by atoms with Crippen molar-refractivity contribution < 1.29 is 14.1 Å². The minimum absolute atomic E-state index is 0.228. The summed E-state index contributed by atoms with van der Waals surface area (Å²) in [4.78, 5) is 11.9. The van der Waals surface area contributed by atoms with Gasteiger partial charge in [-0.15, -0.1) is 0 Å². The number of hydrogen-bond acceptors (Lipinski definition) is 4. The third-order valence-corrected chi connectivity index (χ3v) is 7.76. The molecule has 1 saturated carbocycles. The van der Waals surface area contributed by atoms with Crippen LogP contribution in [0.15, 0.2) is 65.1 Å². The fraction of sp³-hybridized carbons (Fsp3) is 0.286. The summed E-state index contributed by atoms with van der Waals surface area (Å²) in [6.07, 6.45) is 4.45. The van der Waals surface area contributed by atoms with Gasteiger partial charge in [-0.05, 0) is 53.1 Å². The third-order valence-electron chi connectivity index (χ3n) is 7.76. The van der Waals surface area contributed by atoms with Gasteiger partial charge in [-0.1, -0.05) is 61.7 Å². The van der Waals surface area contributed by atoms with Crippen LogP contribution in [0.5, 0.6) is 5.75 Å². The second kappa shape index (κ2) is 6.95. The maximum Gasteiger partial charge on any atom is 0.361 e. The first kappa shape index (κ1) is 18.9. The number of benzene rings is 4. The lowest BCUT2D eigenvalue weighted by atomic mass is 9.75. The predicted octanol–water partition coefficient (Wildman–Crippen LogP) is 7.55. The molecule has 0 saturated heterocycles. The van der Waals surface area contributed by atoms with Crippen LogP contribution in [0.3, 0.4) is 0 Å². The van der Waals surface area contributed by atoms with E-state index in [2.05, 4.69) is 24.3 Å². The standard InChI is InChI=1S/C28H23NO4/c30-29(31)28-24(17-7-2-1-3-8-17)26-22(33-28)15-12-18-11-14-21-27(23(18)26)25-19-9-5-4-6-16(19)10-13-20(25)32-21/h4-6,9-15,17,24,28H,1-3,7-8H2/t24-,28-/m0/s1. The molecule has 0 bridgehead atoms. The van der Waals surface area contributed by atoms with E-state index in [9.17, 15) is 10.1 Å². The molecule has 1 aliphatic heterocycles. The highest BCUT2D eigenvalue weighted by molar-refractivity contribution is 6.27. The Morgan fingerprint density at radius 1 is 0.788 bits per heavy atom. The zero-order valence-electron chi connectivity index (χ0n) is 18.1. The summed E-state index contributed by atoms with van der Waals surface area (Å²) in [6, 6.07) is 20.5. The molecule has 5 nitrogen and oxygen atoms in total. The molecule has 2 aliphatic rings. The lowest BCUT2D eigenvalue weighted by molar-refractivity contribution is -0.565. The van der Waals surface area contributed by atoms with E-state index in [0.717, 1.165) is 74.7 Å². The fourth-order valence-corrected chi connectivity index (χ4v) is 6.37. The first-order valence-corrected chi connectivity index (χ1v) is 11.8. The van der Waals surface area contributed by atoms with Crippen molar-refractivity contribution in [2.75, 3.05) is 0 Å². The van der Waals surface area contributed by atoms with Gasteiger partial charge in [0.2, 0.25) is 0 Å². The molecule has 4 aromatic carbocycles. The number of ether oxygens (including phenoxy) is 1. The molecule has 2 atom stereocenters. The second-order valence-electron chi connectivity index (χ2n) is 9.49. The van der Waals surface area contributed by atoms with E-state index in [1.807, 2.05) is 36.4 Å². The van der Waals surface area contributed by atoms with E-state index in [1.54, 1.807) is 0 Å². The SMILES string of the molecule is O=[N+]([O-])[C@H]1Oc2ccc3ccc4oc5ccc6ccccc6c5c4c3c2[C@@H]1C1CCCCC1. The fourth-order valence-electron chi connectivity index (χ4n) is 6.37. The number of fused-ring (bicyclic) bond motifs is 9. The van der Waals surface area contributed by atoms with Crippen LogP contribution in [-0.4, -0.2) is 11.2 Å². The first-order chi connectivity index (χ1) is 16.2. The van der Waals surface area contributed by atoms with Crippen LogP contribution in [0.25, 0.3) is 43.5 Å². The Balaban J connectivity index is 1.62. The highest BCUT2D eigenvalue weighted by Crippen LogP contribution is 2.52. The summed E-state index contributed by atoms with van der Waals surface area (Å²) in [5.74, 6) is 0.664. The number of nitrogens with zero attached hydrogens (tertiary/aromatic N) is 1. The average Bonchev–Trinajstić information content (AvgIpc) is 3.43. The summed E-state index contributed by atoms with van der Waals surface area (Å²) in [7, 11) is 0. The van der Waals surface area contributed by atoms with E-state index in [0.29, 0.717) is 5.75 Å². The Morgan fingerprint density at radius 2 is 1.52 bits per heavy atom. The summed E-state index contributed by atoms with van der Waals surface area (Å²) in [5.41, 5.74) is 2.66. The topological polar surface area (TPSA) is 65.5 Å². The van der Waals surface area contributed by atoms with Crippen LogP contribution in [0.1, 0.15) is 43.6 Å². The highest BCUT2D eigenvalue weighted by atomic mass is 16.7. The van der Waals surface area contributed by atoms with Gasteiger partial charge in [-0.2, -0.15) is 0 Å². The molecule has 1 aromatic heterocycles. The maximum absolute atomic E-state index is 12.1. The van der Waals surface area contributed by atoms with Crippen LogP contribution in [-0.2, 0) is 0 Å². The van der Waals surface area contributed by atoms with Crippen molar-refractivity contribution in [3.8, 4) is 5.75 Å². The highest BCUT2D eigenvalue weighted by Gasteiger charge is 2.48. The molecule has 1 fully saturated rings. The van der Waals surface area contributed by atoms with Gasteiger partial charge >= 0.3 is 6.23 Å². The molecule has 7 rings (SSSR count). The largest absolute Gasteiger partial charge is 0.456 e. The van der Waals surface area contributed by atoms with E-state index < -0.39 is 6.23 Å². The quantitative estimate of drug-likeness (QED) is 0.211. The second-order valence-corrected chi connectivity index (χ2v) is 9.49. The predicted molar refractivity (Wildman–Crippen MR) is 129 cm³/mol. The van der Waals surface area contributed by atoms with Crippen molar-refractivity contribution in [3.05, 3.63) is 76.3 Å². The summed E-state index contributed by atoms with van der Waals surface area (Å²) >= 11 is 0. The molecule has 0 unspecified atom stereocenters. The van der Waals surface area contributed by atoms with Gasteiger partial charge in [-0.25, -0.2) is 0 Å². The van der Waals surface area contributed by atoms with Crippen LogP contribution >= 0.6 is 0 Å². The Bertz CT molecular complexity index is 1580. The van der Waals surface area contributed by atoms with Crippen LogP contribution in [0.2, 0.25) is 0 Å². The lowest BCUT2D eigenvalue weighted by Gasteiger charge is -2.27. The molecule has 0 spiro atoms. The van der Waals surface area contributed by atoms with Crippen molar-refractivity contribution in [1.29, 1.82) is 0 Å². The van der Waals surface area contributed by atoms with Gasteiger partial charge in [0.05, 0.1) is 10.8 Å². The first-order valence-electron chi connectivity index (χ1n) is 11.8. The van der Waals surface area contributed by atoms with Crippen LogP contribution in [0.4, 0.5) is 0 Å². The Morgan fingerprint density at radius 3 is 2.33 bits per heavy atom. The van der Waals surface area contributed by atoms with Crippen LogP contribution < -0.4 is 4.74 Å². The van der Waals surface area contributed by atoms with Crippen molar-refractivity contribution >= 4 is 43.5 Å². The Labute approximate surface area is 190 Å². The van der Waals surface area contributed by atoms with E-state index in [4.69, 9.17) is 9.15 Å². The van der Waals surface area contributed by atoms with E-state index >= 15 is 0 Å². The molecule has 164 valence electrons. The molecule has 0 amide bonds. The van der Waals surface area contributed by atoms with Gasteiger partial charge in [-0.3, -0.25) is 10.1 Å². The number of nitro groups is 1. The van der Waals surface area contributed by atoms with Gasteiger partial charge in [0, 0.05) is 21.7 Å². The minimum atomic E-state index is -1.03. The van der Waals surface area contributed by atoms with E-state index in [1.165, 1.54) is 6.42 Å². The molecule has 5 heteroatoms. The van der Waals surface area contributed by atoms with Gasteiger partial charge in [0.1, 0.15) is 16.9 Å². The minimum Gasteiger partial charge on any atom is -0.456 e. The molecular weight excluding hydrogens is 414 g/mol. The smallest absolute Gasteiger partial charge is 0.361 e. The average molecular weight is 437 g/mol. The number of furan rings is 1. The van der Waals surface area contributed by atoms with Gasteiger partial charge in [0.15, 0.2) is 0 Å². The lowest BCUT2D eigenvalue weighted by Crippen LogP contribution is -2.33. The van der Waals surface area contributed by atoms with E-state index in [-0.39, 0.29) is 16.8 Å². The van der Waals surface area contributed by atoms with Gasteiger partial charge in [0.25, 0.3) is 0 Å². The molecule has 0 radical (unpaired) electrons.